The Balaban J connectivity index is -0.000000181. The Morgan fingerprint density at radius 3 is 1.58 bits per heavy atom. The van der Waals surface area contributed by atoms with Gasteiger partial charge in [0.1, 0.15) is 0 Å². The van der Waals surface area contributed by atoms with Crippen molar-refractivity contribution in [1.82, 2.24) is 0 Å². The second-order valence-corrected chi connectivity index (χ2v) is 5.88. The number of carboxylic acid groups (broad SMARTS) is 2. The Morgan fingerprint density at radius 1 is 0.808 bits per heavy atom. The van der Waals surface area contributed by atoms with Gasteiger partial charge in [-0.15, -0.1) is 0 Å². The number of amides is 1. The third-order valence-electron chi connectivity index (χ3n) is 3.49. The maximum Gasteiger partial charge on any atom is 1.00 e. The van der Waals surface area contributed by atoms with Crippen LogP contribution in [0.3, 0.4) is 0 Å². The fraction of sp³-hybridized carbons (Fsp3) is 0.824. The summed E-state index contributed by atoms with van der Waals surface area (Å²) in [6.45, 7) is 2.24. The van der Waals surface area contributed by atoms with Crippen LogP contribution in [0.4, 0.5) is 0 Å². The number of carbonyl (C=O) groups is 3. The molecule has 0 heterocycles. The Hall–Kier alpha value is 0.370. The van der Waals surface area contributed by atoms with Gasteiger partial charge in [0.05, 0.1) is 5.97 Å². The summed E-state index contributed by atoms with van der Waals surface area (Å²) in [6.07, 6.45) is 11.6. The predicted octanol–water partition coefficient (Wildman–Crippen LogP) is -6.01. The Labute approximate surface area is 201 Å². The van der Waals surface area contributed by atoms with Crippen LogP contribution in [0, 0.1) is 0 Å². The maximum atomic E-state index is 10.4. The van der Waals surface area contributed by atoms with Crippen LogP contribution in [0.1, 0.15) is 84.0 Å². The van der Waals surface area contributed by atoms with Gasteiger partial charge in [-0.3, -0.25) is 4.79 Å². The Kier molecular flexibility index (Phi) is 33.1. The predicted molar refractivity (Wildman–Crippen MR) is 88.3 cm³/mol. The van der Waals surface area contributed by atoms with Crippen LogP contribution in [0.25, 0.3) is 0 Å². The van der Waals surface area contributed by atoms with Crippen LogP contribution in [0.2, 0.25) is 0 Å². The van der Waals surface area contributed by atoms with Crippen LogP contribution in [0.15, 0.2) is 0 Å². The first-order valence-electron chi connectivity index (χ1n) is 8.75. The molecule has 0 saturated carbocycles. The topological polar surface area (TPSA) is 149 Å². The molecule has 0 bridgehead atoms. The van der Waals surface area contributed by atoms with Gasteiger partial charge in [-0.05, 0) is 19.3 Å². The standard InChI is InChI=1S/C12H25NO.C5H9NO4.2Na/c1-2-3-4-5-6-7-8-9-10-11-12(13)14;6-3(5(9)10)1-2-4(7)8;;/h2-11H2,1H3,(H2,13,14);3H,1-2,6H2,(H,7,8)(H,9,10);;/q;;2*+1/p-2. The monoisotopic (exact) mass is 390 g/mol. The molecule has 7 nitrogen and oxygen atoms in total. The van der Waals surface area contributed by atoms with Crippen LogP contribution >= 0.6 is 0 Å². The first-order chi connectivity index (χ1) is 11.3. The fourth-order valence-corrected chi connectivity index (χ4v) is 2.00. The van der Waals surface area contributed by atoms with E-state index < -0.39 is 18.0 Å². The summed E-state index contributed by atoms with van der Waals surface area (Å²) < 4.78 is 0. The molecule has 0 aliphatic rings. The summed E-state index contributed by atoms with van der Waals surface area (Å²) in [4.78, 5) is 30.0. The summed E-state index contributed by atoms with van der Waals surface area (Å²) in [7, 11) is 0. The van der Waals surface area contributed by atoms with Crippen molar-refractivity contribution in [3.8, 4) is 0 Å². The normalized spacial score (nSPS) is 10.4. The number of nitrogens with two attached hydrogens (primary N) is 2. The second kappa shape index (κ2) is 25.4. The SMILES string of the molecule is CCCCCCCCCCCC(N)=O.NC(CCC(=O)[O-])C(=O)[O-].[Na+].[Na+]. The molecule has 0 rings (SSSR count). The van der Waals surface area contributed by atoms with Crippen molar-refractivity contribution < 1.29 is 83.7 Å². The molecule has 0 aliphatic heterocycles. The molecule has 4 N–H and O–H groups in total. The van der Waals surface area contributed by atoms with E-state index in [9.17, 15) is 24.6 Å². The van der Waals surface area contributed by atoms with E-state index >= 15 is 0 Å². The summed E-state index contributed by atoms with van der Waals surface area (Å²) in [5, 5.41) is 19.6. The van der Waals surface area contributed by atoms with Gasteiger partial charge in [0.15, 0.2) is 0 Å². The number of carbonyl (C=O) groups excluding carboxylic acids is 3. The number of carboxylic acids is 2. The summed E-state index contributed by atoms with van der Waals surface area (Å²) in [5.74, 6) is -2.91. The number of unbranched alkanes of at least 4 members (excludes halogenated alkanes) is 8. The maximum absolute atomic E-state index is 10.4. The van der Waals surface area contributed by atoms with E-state index in [1.54, 1.807) is 0 Å². The van der Waals surface area contributed by atoms with E-state index in [-0.39, 0.29) is 77.9 Å². The molecule has 0 aromatic carbocycles. The van der Waals surface area contributed by atoms with Crippen LogP contribution in [-0.2, 0) is 14.4 Å². The number of hydrogen-bond acceptors (Lipinski definition) is 6. The largest absolute Gasteiger partial charge is 1.00 e. The molecule has 0 saturated heterocycles. The minimum atomic E-state index is -1.44. The third kappa shape index (κ3) is 32.1. The van der Waals surface area contributed by atoms with Crippen LogP contribution in [-0.4, -0.2) is 23.9 Å². The van der Waals surface area contributed by atoms with Gasteiger partial charge >= 0.3 is 59.1 Å². The van der Waals surface area contributed by atoms with E-state index in [1.165, 1.54) is 44.9 Å². The molecular formula is C17H32N2Na2O5. The van der Waals surface area contributed by atoms with E-state index in [0.29, 0.717) is 6.42 Å². The number of primary amides is 1. The van der Waals surface area contributed by atoms with E-state index in [4.69, 9.17) is 11.5 Å². The Bertz CT molecular complexity index is 358. The van der Waals surface area contributed by atoms with Gasteiger partial charge in [0.25, 0.3) is 0 Å². The molecule has 142 valence electrons. The molecule has 0 aromatic heterocycles. The Morgan fingerprint density at radius 2 is 1.23 bits per heavy atom. The van der Waals surface area contributed by atoms with E-state index in [2.05, 4.69) is 6.92 Å². The van der Waals surface area contributed by atoms with Gasteiger partial charge in [0.2, 0.25) is 5.91 Å². The molecule has 0 aliphatic carbocycles. The first kappa shape index (κ1) is 33.9. The van der Waals surface area contributed by atoms with Crippen LogP contribution < -0.4 is 80.8 Å². The molecule has 0 spiro atoms. The van der Waals surface area contributed by atoms with E-state index in [0.717, 1.165) is 12.8 Å². The van der Waals surface area contributed by atoms with Gasteiger partial charge in [0, 0.05) is 18.4 Å². The van der Waals surface area contributed by atoms with Crippen molar-refractivity contribution in [3.05, 3.63) is 0 Å². The minimum absolute atomic E-state index is 0. The van der Waals surface area contributed by atoms with E-state index in [1.807, 2.05) is 0 Å². The number of hydrogen-bond donors (Lipinski definition) is 2. The molecule has 0 fully saturated rings. The van der Waals surface area contributed by atoms with Crippen molar-refractivity contribution >= 4 is 17.8 Å². The van der Waals surface area contributed by atoms with Crippen molar-refractivity contribution in [2.45, 2.75) is 90.0 Å². The summed E-state index contributed by atoms with van der Waals surface area (Å²) in [6, 6.07) is -1.21. The zero-order valence-electron chi connectivity index (χ0n) is 16.8. The van der Waals surface area contributed by atoms with Crippen molar-refractivity contribution in [2.75, 3.05) is 0 Å². The molecule has 1 amide bonds. The van der Waals surface area contributed by atoms with Crippen LogP contribution in [0.5, 0.6) is 0 Å². The van der Waals surface area contributed by atoms with Gasteiger partial charge in [-0.25, -0.2) is 0 Å². The number of rotatable bonds is 14. The third-order valence-corrected chi connectivity index (χ3v) is 3.49. The zero-order chi connectivity index (χ0) is 18.8. The average Bonchev–Trinajstić information content (AvgIpc) is 2.51. The summed E-state index contributed by atoms with van der Waals surface area (Å²) >= 11 is 0. The van der Waals surface area contributed by atoms with Crippen molar-refractivity contribution in [3.63, 3.8) is 0 Å². The van der Waals surface area contributed by atoms with Gasteiger partial charge in [-0.2, -0.15) is 0 Å². The van der Waals surface area contributed by atoms with Crippen molar-refractivity contribution in [1.29, 1.82) is 0 Å². The molecule has 26 heavy (non-hydrogen) atoms. The molecule has 0 aromatic rings. The van der Waals surface area contributed by atoms with Gasteiger partial charge < -0.3 is 31.3 Å². The molecule has 0 radical (unpaired) electrons. The number of aliphatic carboxylic acids is 2. The molecule has 9 heteroatoms. The second-order valence-electron chi connectivity index (χ2n) is 5.88. The molecule has 1 unspecified atom stereocenters. The van der Waals surface area contributed by atoms with Crippen molar-refractivity contribution in [2.24, 2.45) is 11.5 Å². The quantitative estimate of drug-likeness (QED) is 0.223. The first-order valence-corrected chi connectivity index (χ1v) is 8.75. The van der Waals surface area contributed by atoms with Gasteiger partial charge in [-0.1, -0.05) is 58.3 Å². The fourth-order valence-electron chi connectivity index (χ4n) is 2.00. The molecular weight excluding hydrogens is 358 g/mol. The smallest absolute Gasteiger partial charge is 0.550 e. The molecule has 1 atom stereocenters. The minimum Gasteiger partial charge on any atom is -0.550 e. The average molecular weight is 390 g/mol. The summed E-state index contributed by atoms with van der Waals surface area (Å²) in [5.41, 5.74) is 9.96. The zero-order valence-corrected chi connectivity index (χ0v) is 20.8.